The van der Waals surface area contributed by atoms with Gasteiger partial charge in [0.1, 0.15) is 17.5 Å². The monoisotopic (exact) mass is 372 g/mol. The lowest BCUT2D eigenvalue weighted by Gasteiger charge is -2.11. The molecule has 2 rings (SSSR count). The molecule has 4 N–H and O–H groups in total. The van der Waals surface area contributed by atoms with E-state index >= 15 is 0 Å². The van der Waals surface area contributed by atoms with Crippen LogP contribution in [0, 0.1) is 0 Å². The zero-order valence-corrected chi connectivity index (χ0v) is 14.1. The molecule has 7 nitrogen and oxygen atoms in total. The average molecular weight is 373 g/mol. The summed E-state index contributed by atoms with van der Waals surface area (Å²) in [6, 6.07) is 13.5. The van der Waals surface area contributed by atoms with E-state index in [-0.39, 0.29) is 17.3 Å². The Hall–Kier alpha value is -2.13. The summed E-state index contributed by atoms with van der Waals surface area (Å²) in [6.07, 6.45) is 0. The van der Waals surface area contributed by atoms with E-state index in [0.717, 1.165) is 0 Å². The van der Waals surface area contributed by atoms with Crippen molar-refractivity contribution in [1.82, 2.24) is 5.48 Å². The minimum Gasteiger partial charge on any atom is -0.457 e. The molecule has 2 aromatic carbocycles. The molecule has 2 aromatic rings. The SMILES string of the molecule is Cl.NC(CS(=O)(=O)c1ccc(Oc2ccccc2)cc1)C(=O)NO. The van der Waals surface area contributed by atoms with Crippen molar-refractivity contribution in [2.24, 2.45) is 5.73 Å². The number of carbonyl (C=O) groups excluding carboxylic acids is 1. The number of benzene rings is 2. The topological polar surface area (TPSA) is 119 Å². The number of halogens is 1. The number of para-hydroxylation sites is 1. The molecular formula is C15H17ClN2O5S. The van der Waals surface area contributed by atoms with Gasteiger partial charge in [-0.25, -0.2) is 13.9 Å². The third-order valence-corrected chi connectivity index (χ3v) is 4.80. The second kappa shape index (κ2) is 8.65. The van der Waals surface area contributed by atoms with Gasteiger partial charge in [0.15, 0.2) is 9.84 Å². The number of nitrogens with one attached hydrogen (secondary N) is 1. The number of amides is 1. The number of sulfone groups is 1. The highest BCUT2D eigenvalue weighted by atomic mass is 35.5. The van der Waals surface area contributed by atoms with Crippen molar-refractivity contribution in [2.45, 2.75) is 10.9 Å². The van der Waals surface area contributed by atoms with Crippen LogP contribution in [-0.2, 0) is 14.6 Å². The van der Waals surface area contributed by atoms with Crippen LogP contribution in [0.3, 0.4) is 0 Å². The molecule has 0 radical (unpaired) electrons. The van der Waals surface area contributed by atoms with Crippen molar-refractivity contribution in [1.29, 1.82) is 0 Å². The van der Waals surface area contributed by atoms with Crippen LogP contribution in [0.25, 0.3) is 0 Å². The first-order chi connectivity index (χ1) is 10.9. The fraction of sp³-hybridized carbons (Fsp3) is 0.133. The van der Waals surface area contributed by atoms with Crippen LogP contribution < -0.4 is 16.0 Å². The summed E-state index contributed by atoms with van der Waals surface area (Å²) in [4.78, 5) is 11.1. The summed E-state index contributed by atoms with van der Waals surface area (Å²) in [5.41, 5.74) is 6.73. The van der Waals surface area contributed by atoms with Crippen LogP contribution in [0.5, 0.6) is 11.5 Å². The van der Waals surface area contributed by atoms with Crippen molar-refractivity contribution in [3.05, 3.63) is 54.6 Å². The molecule has 0 aliphatic heterocycles. The van der Waals surface area contributed by atoms with Crippen molar-refractivity contribution in [2.75, 3.05) is 5.75 Å². The predicted molar refractivity (Wildman–Crippen MR) is 90.2 cm³/mol. The Labute approximate surface area is 145 Å². The number of nitrogens with two attached hydrogens (primary N) is 1. The van der Waals surface area contributed by atoms with Crippen molar-refractivity contribution in [3.63, 3.8) is 0 Å². The Morgan fingerprint density at radius 2 is 1.62 bits per heavy atom. The minimum absolute atomic E-state index is 0. The highest BCUT2D eigenvalue weighted by molar-refractivity contribution is 7.91. The van der Waals surface area contributed by atoms with Gasteiger partial charge in [-0.2, -0.15) is 0 Å². The Morgan fingerprint density at radius 3 is 2.17 bits per heavy atom. The van der Waals surface area contributed by atoms with Crippen LogP contribution in [0.1, 0.15) is 0 Å². The van der Waals surface area contributed by atoms with Gasteiger partial charge in [0.05, 0.1) is 10.6 Å². The van der Waals surface area contributed by atoms with Gasteiger partial charge in [-0.1, -0.05) is 18.2 Å². The van der Waals surface area contributed by atoms with E-state index in [4.69, 9.17) is 15.7 Å². The number of hydroxylamine groups is 1. The van der Waals surface area contributed by atoms with E-state index in [1.807, 2.05) is 18.2 Å². The summed E-state index contributed by atoms with van der Waals surface area (Å²) in [5, 5.41) is 8.46. The molecule has 1 unspecified atom stereocenters. The largest absolute Gasteiger partial charge is 0.457 e. The first kappa shape index (κ1) is 19.9. The lowest BCUT2D eigenvalue weighted by molar-refractivity contribution is -0.130. The molecule has 0 bridgehead atoms. The fourth-order valence-corrected chi connectivity index (χ4v) is 3.20. The van der Waals surface area contributed by atoms with E-state index in [1.54, 1.807) is 12.1 Å². The number of hydrogen-bond donors (Lipinski definition) is 3. The molecule has 0 aromatic heterocycles. The maximum Gasteiger partial charge on any atom is 0.261 e. The Balaban J connectivity index is 0.00000288. The van der Waals surface area contributed by atoms with Gasteiger partial charge in [0.25, 0.3) is 5.91 Å². The molecule has 0 fully saturated rings. The van der Waals surface area contributed by atoms with Crippen molar-refractivity contribution >= 4 is 28.2 Å². The third kappa shape index (κ3) is 5.20. The summed E-state index contributed by atoms with van der Waals surface area (Å²) >= 11 is 0. The minimum atomic E-state index is -3.76. The zero-order chi connectivity index (χ0) is 16.9. The number of hydrogen-bond acceptors (Lipinski definition) is 6. The Kier molecular flexibility index (Phi) is 7.18. The molecule has 9 heteroatoms. The lowest BCUT2D eigenvalue weighted by atomic mass is 10.3. The maximum absolute atomic E-state index is 12.2. The molecule has 0 saturated heterocycles. The Bertz CT molecular complexity index is 766. The van der Waals surface area contributed by atoms with Gasteiger partial charge in [0, 0.05) is 0 Å². The van der Waals surface area contributed by atoms with E-state index in [2.05, 4.69) is 0 Å². The summed E-state index contributed by atoms with van der Waals surface area (Å²) in [5.74, 6) is -0.465. The van der Waals surface area contributed by atoms with Crippen LogP contribution in [0.4, 0.5) is 0 Å². The van der Waals surface area contributed by atoms with Crippen LogP contribution in [0.15, 0.2) is 59.5 Å². The van der Waals surface area contributed by atoms with Crippen molar-refractivity contribution < 1.29 is 23.2 Å². The maximum atomic E-state index is 12.2. The molecule has 130 valence electrons. The Morgan fingerprint density at radius 1 is 1.08 bits per heavy atom. The number of ether oxygens (including phenoxy) is 1. The van der Waals surface area contributed by atoms with Gasteiger partial charge in [-0.05, 0) is 36.4 Å². The van der Waals surface area contributed by atoms with Crippen LogP contribution in [0.2, 0.25) is 0 Å². The average Bonchev–Trinajstić information content (AvgIpc) is 2.55. The first-order valence-corrected chi connectivity index (χ1v) is 8.33. The number of carbonyl (C=O) groups is 1. The van der Waals surface area contributed by atoms with Crippen LogP contribution in [-0.4, -0.2) is 31.3 Å². The second-order valence-corrected chi connectivity index (χ2v) is 6.78. The zero-order valence-electron chi connectivity index (χ0n) is 12.5. The summed E-state index contributed by atoms with van der Waals surface area (Å²) < 4.78 is 29.9. The van der Waals surface area contributed by atoms with Gasteiger partial charge >= 0.3 is 0 Å². The molecular weight excluding hydrogens is 356 g/mol. The third-order valence-electron chi connectivity index (χ3n) is 3.01. The van der Waals surface area contributed by atoms with Gasteiger partial charge in [0.2, 0.25) is 0 Å². The smallest absolute Gasteiger partial charge is 0.261 e. The lowest BCUT2D eigenvalue weighted by Crippen LogP contribution is -2.43. The number of rotatable bonds is 6. The molecule has 0 aliphatic carbocycles. The van der Waals surface area contributed by atoms with E-state index in [0.29, 0.717) is 11.5 Å². The normalized spacial score (nSPS) is 11.9. The molecule has 0 heterocycles. The quantitative estimate of drug-likeness (QED) is 0.522. The van der Waals surface area contributed by atoms with E-state index in [1.165, 1.54) is 29.7 Å². The van der Waals surface area contributed by atoms with Crippen molar-refractivity contribution in [3.8, 4) is 11.5 Å². The second-order valence-electron chi connectivity index (χ2n) is 4.75. The first-order valence-electron chi connectivity index (χ1n) is 6.67. The van der Waals surface area contributed by atoms with Crippen LogP contribution >= 0.6 is 12.4 Å². The summed E-state index contributed by atoms with van der Waals surface area (Å²) in [6.45, 7) is 0. The highest BCUT2D eigenvalue weighted by Crippen LogP contribution is 2.23. The van der Waals surface area contributed by atoms with Gasteiger partial charge in [-0.15, -0.1) is 12.4 Å². The molecule has 1 atom stereocenters. The highest BCUT2D eigenvalue weighted by Gasteiger charge is 2.23. The van der Waals surface area contributed by atoms with E-state index in [9.17, 15) is 13.2 Å². The van der Waals surface area contributed by atoms with E-state index < -0.39 is 27.5 Å². The molecule has 0 saturated carbocycles. The fourth-order valence-electron chi connectivity index (χ4n) is 1.83. The standard InChI is InChI=1S/C15H16N2O5S.ClH/c16-14(15(18)17-19)10-23(20,21)13-8-6-12(7-9-13)22-11-4-2-1-3-5-11;/h1-9,14,19H,10,16H2,(H,17,18);1H. The van der Waals surface area contributed by atoms with Gasteiger partial charge < -0.3 is 10.5 Å². The summed E-state index contributed by atoms with van der Waals surface area (Å²) in [7, 11) is -3.76. The predicted octanol–water partition coefficient (Wildman–Crippen LogP) is 1.51. The molecule has 0 spiro atoms. The molecule has 0 aliphatic rings. The molecule has 1 amide bonds. The molecule has 24 heavy (non-hydrogen) atoms. The van der Waals surface area contributed by atoms with Gasteiger partial charge in [-0.3, -0.25) is 10.0 Å².